The lowest BCUT2D eigenvalue weighted by Gasteiger charge is -2.48. The van der Waals surface area contributed by atoms with Crippen LogP contribution in [0, 0.1) is 17.8 Å². The minimum atomic E-state index is -0.337. The quantitative estimate of drug-likeness (QED) is 0.420. The molecule has 1 unspecified atom stereocenters. The van der Waals surface area contributed by atoms with Crippen LogP contribution >= 0.6 is 11.6 Å². The Morgan fingerprint density at radius 2 is 2.02 bits per heavy atom. The van der Waals surface area contributed by atoms with E-state index in [9.17, 15) is 9.90 Å². The number of benzene rings is 2. The van der Waals surface area contributed by atoms with Crippen molar-refractivity contribution in [3.63, 3.8) is 0 Å². The van der Waals surface area contributed by atoms with Crippen molar-refractivity contribution in [3.05, 3.63) is 58.1 Å². The summed E-state index contributed by atoms with van der Waals surface area (Å²) >= 11 is 6.41. The molecule has 0 saturated heterocycles. The van der Waals surface area contributed by atoms with Gasteiger partial charge in [-0.15, -0.1) is 0 Å². The zero-order valence-corrected chi connectivity index (χ0v) is 24.5. The number of aryl methyl sites for hydroxylation is 1. The Morgan fingerprint density at radius 3 is 2.77 bits per heavy atom. The number of aliphatic hydroxyl groups is 1. The molecule has 0 radical (unpaired) electrons. The number of halogens is 1. The summed E-state index contributed by atoms with van der Waals surface area (Å²) in [6, 6.07) is 12.0. The molecule has 4 aliphatic rings. The third-order valence-corrected chi connectivity index (χ3v) is 10.5. The molecule has 6 rings (SSSR count). The smallest absolute Gasteiger partial charge is 0.337 e. The van der Waals surface area contributed by atoms with Crippen LogP contribution in [0.5, 0.6) is 5.75 Å². The summed E-state index contributed by atoms with van der Waals surface area (Å²) in [6.45, 7) is 2.30. The number of ether oxygens (including phenoxy) is 3. The van der Waals surface area contributed by atoms with E-state index in [-0.39, 0.29) is 23.6 Å². The Hall–Kier alpha value is -2.28. The van der Waals surface area contributed by atoms with Crippen molar-refractivity contribution in [3.8, 4) is 5.75 Å². The summed E-state index contributed by atoms with van der Waals surface area (Å²) in [4.78, 5) is 15.0. The van der Waals surface area contributed by atoms with Gasteiger partial charge in [-0.2, -0.15) is 0 Å². The summed E-state index contributed by atoms with van der Waals surface area (Å²) in [6.07, 6.45) is 9.39. The van der Waals surface area contributed by atoms with Crippen LogP contribution in [0.3, 0.4) is 0 Å². The molecule has 216 valence electrons. The fraction of sp³-hybridized carbons (Fsp3) is 0.606. The fourth-order valence-electron chi connectivity index (χ4n) is 8.11. The maximum Gasteiger partial charge on any atom is 0.337 e. The largest absolute Gasteiger partial charge is 0.490 e. The maximum absolute atomic E-state index is 12.5. The lowest BCUT2D eigenvalue weighted by atomic mass is 9.65. The number of carbonyl (C=O) groups excluding carboxylic acids is 1. The highest BCUT2D eigenvalue weighted by molar-refractivity contribution is 6.30. The van der Waals surface area contributed by atoms with Gasteiger partial charge >= 0.3 is 5.97 Å². The molecule has 2 saturated carbocycles. The molecular weight excluding hydrogens is 526 g/mol. The van der Waals surface area contributed by atoms with Gasteiger partial charge in [0.15, 0.2) is 0 Å². The van der Waals surface area contributed by atoms with Crippen molar-refractivity contribution in [2.45, 2.75) is 75.4 Å². The second-order valence-corrected chi connectivity index (χ2v) is 13.0. The molecule has 1 heterocycles. The zero-order valence-electron chi connectivity index (χ0n) is 23.7. The van der Waals surface area contributed by atoms with Crippen molar-refractivity contribution < 1.29 is 24.1 Å². The highest BCUT2D eigenvalue weighted by atomic mass is 35.5. The van der Waals surface area contributed by atoms with Crippen LogP contribution < -0.4 is 9.64 Å². The highest BCUT2D eigenvalue weighted by Gasteiger charge is 2.46. The minimum absolute atomic E-state index is 0.157. The van der Waals surface area contributed by atoms with Crippen molar-refractivity contribution in [1.29, 1.82) is 0 Å². The molecule has 1 N–H and O–H groups in total. The number of carbonyl (C=O) groups is 1. The van der Waals surface area contributed by atoms with Crippen LogP contribution in [0.4, 0.5) is 5.69 Å². The highest BCUT2D eigenvalue weighted by Crippen LogP contribution is 2.48. The summed E-state index contributed by atoms with van der Waals surface area (Å²) in [7, 11) is 3.27. The van der Waals surface area contributed by atoms with E-state index in [1.165, 1.54) is 18.2 Å². The Labute approximate surface area is 242 Å². The van der Waals surface area contributed by atoms with Gasteiger partial charge in [-0.25, -0.2) is 4.79 Å². The average molecular weight is 568 g/mol. The predicted molar refractivity (Wildman–Crippen MR) is 157 cm³/mol. The molecule has 6 nitrogen and oxygen atoms in total. The lowest BCUT2D eigenvalue weighted by Crippen LogP contribution is -2.51. The second-order valence-electron chi connectivity index (χ2n) is 12.6. The predicted octanol–water partition coefficient (Wildman–Crippen LogP) is 6.19. The molecule has 7 heteroatoms. The molecule has 0 bridgehead atoms. The van der Waals surface area contributed by atoms with Crippen molar-refractivity contribution in [1.82, 2.24) is 0 Å². The number of esters is 1. The number of anilines is 1. The number of hydrogen-bond acceptors (Lipinski definition) is 6. The first-order valence-corrected chi connectivity index (χ1v) is 15.4. The topological polar surface area (TPSA) is 68.2 Å². The third kappa shape index (κ3) is 5.23. The third-order valence-electron chi connectivity index (χ3n) is 10.2. The lowest BCUT2D eigenvalue weighted by molar-refractivity contribution is -0.0721. The number of aliphatic hydroxyl groups excluding tert-OH is 1. The van der Waals surface area contributed by atoms with E-state index in [2.05, 4.69) is 17.0 Å². The minimum Gasteiger partial charge on any atom is -0.490 e. The van der Waals surface area contributed by atoms with Gasteiger partial charge in [0.1, 0.15) is 5.75 Å². The van der Waals surface area contributed by atoms with Gasteiger partial charge in [0.05, 0.1) is 37.2 Å². The SMILES string of the molecule is COC(=O)c1ccc2c(c1)N(C[C@@H]1CC[C@H]1[C@@H](OC)[C@H]1CCCC(O)C1)C[C@@]1(CCCc3cc(Cl)ccc31)CO2. The molecule has 2 aromatic rings. The summed E-state index contributed by atoms with van der Waals surface area (Å²) in [5, 5.41) is 11.2. The normalized spacial score (nSPS) is 30.4. The van der Waals surface area contributed by atoms with E-state index in [1.54, 1.807) is 6.07 Å². The standard InChI is InChI=1S/C33H42ClNO5/c1-38-31(22-5-3-7-26(36)16-22)27-11-8-24(27)18-35-19-33(14-4-6-21-15-25(34)10-12-28(21)33)20-40-30-13-9-23(17-29(30)35)32(37)39-2/h9-10,12-13,15,17,22,24,26-27,31,36H,3-8,11,14,16,18-20H2,1-2H3/t22-,24-,26?,27+,31-,33-/m0/s1. The van der Waals surface area contributed by atoms with E-state index < -0.39 is 0 Å². The van der Waals surface area contributed by atoms with E-state index >= 15 is 0 Å². The van der Waals surface area contributed by atoms with Crippen LogP contribution in [0.25, 0.3) is 0 Å². The van der Waals surface area contributed by atoms with Gasteiger partial charge in [-0.05, 0) is 111 Å². The monoisotopic (exact) mass is 567 g/mol. The van der Waals surface area contributed by atoms with Crippen molar-refractivity contribution in [2.75, 3.05) is 38.8 Å². The van der Waals surface area contributed by atoms with E-state index in [0.717, 1.165) is 87.3 Å². The molecule has 0 aromatic heterocycles. The van der Waals surface area contributed by atoms with Crippen LogP contribution in [0.15, 0.2) is 36.4 Å². The van der Waals surface area contributed by atoms with E-state index in [0.29, 0.717) is 29.9 Å². The van der Waals surface area contributed by atoms with Gasteiger partial charge in [0, 0.05) is 30.6 Å². The van der Waals surface area contributed by atoms with Crippen molar-refractivity contribution in [2.24, 2.45) is 17.8 Å². The Morgan fingerprint density at radius 1 is 1.15 bits per heavy atom. The summed E-state index contributed by atoms with van der Waals surface area (Å²) < 4.78 is 17.8. The number of fused-ring (bicyclic) bond motifs is 3. The van der Waals surface area contributed by atoms with Crippen LogP contribution in [0.1, 0.15) is 72.9 Å². The number of rotatable bonds is 6. The van der Waals surface area contributed by atoms with Gasteiger partial charge in [-0.1, -0.05) is 24.1 Å². The van der Waals surface area contributed by atoms with Crippen LogP contribution in [0.2, 0.25) is 5.02 Å². The summed E-state index contributed by atoms with van der Waals surface area (Å²) in [5.41, 5.74) is 4.01. The van der Waals surface area contributed by atoms with Crippen LogP contribution in [-0.2, 0) is 21.3 Å². The summed E-state index contributed by atoms with van der Waals surface area (Å²) in [5.74, 6) is 1.83. The molecule has 0 amide bonds. The molecule has 6 atom stereocenters. The number of nitrogens with zero attached hydrogens (tertiary/aromatic N) is 1. The van der Waals surface area contributed by atoms with Gasteiger partial charge in [0.2, 0.25) is 0 Å². The van der Waals surface area contributed by atoms with Gasteiger partial charge in [0.25, 0.3) is 0 Å². The first kappa shape index (κ1) is 27.9. The number of methoxy groups -OCH3 is 2. The first-order valence-electron chi connectivity index (χ1n) is 15.0. The molecule has 2 aromatic carbocycles. The molecule has 3 aliphatic carbocycles. The van der Waals surface area contributed by atoms with Crippen LogP contribution in [-0.4, -0.2) is 57.2 Å². The van der Waals surface area contributed by atoms with E-state index in [1.807, 2.05) is 25.3 Å². The zero-order chi connectivity index (χ0) is 27.9. The molecule has 40 heavy (non-hydrogen) atoms. The van der Waals surface area contributed by atoms with E-state index in [4.69, 9.17) is 25.8 Å². The molecule has 1 aliphatic heterocycles. The Bertz CT molecular complexity index is 1240. The molecular formula is C33H42ClNO5. The molecule has 2 fully saturated rings. The first-order chi connectivity index (χ1) is 19.4. The maximum atomic E-state index is 12.5. The van der Waals surface area contributed by atoms with Crippen molar-refractivity contribution >= 4 is 23.3 Å². The Balaban J connectivity index is 1.33. The van der Waals surface area contributed by atoms with Gasteiger partial charge < -0.3 is 24.2 Å². The average Bonchev–Trinajstić information content (AvgIpc) is 3.10. The second kappa shape index (κ2) is 11.5. The Kier molecular flexibility index (Phi) is 8.04. The fourth-order valence-corrected chi connectivity index (χ4v) is 8.31. The van der Waals surface area contributed by atoms with Gasteiger partial charge in [-0.3, -0.25) is 0 Å². The number of hydrogen-bond donors (Lipinski definition) is 1. The molecule has 1 spiro atoms.